The highest BCUT2D eigenvalue weighted by Crippen LogP contribution is 2.36. The lowest BCUT2D eigenvalue weighted by Gasteiger charge is -2.18. The molecule has 0 aromatic rings. The molecule has 0 saturated heterocycles. The van der Waals surface area contributed by atoms with Crippen molar-refractivity contribution in [2.75, 3.05) is 13.2 Å². The van der Waals surface area contributed by atoms with Gasteiger partial charge in [-0.2, -0.15) is 0 Å². The predicted octanol–water partition coefficient (Wildman–Crippen LogP) is 13.4. The Morgan fingerprint density at radius 2 is 0.808 bits per heavy atom. The van der Waals surface area contributed by atoms with Gasteiger partial charge in [-0.3, -0.25) is 14.1 Å². The minimum Gasteiger partial charge on any atom is -0.462 e. The van der Waals surface area contributed by atoms with E-state index in [1.165, 1.54) is 161 Å². The number of hydrogen-bond acceptors (Lipinski definition) is 6. The van der Waals surface area contributed by atoms with Gasteiger partial charge >= 0.3 is 19.8 Å². The van der Waals surface area contributed by atoms with E-state index in [0.717, 1.165) is 38.5 Å². The van der Waals surface area contributed by atoms with Crippen molar-refractivity contribution in [2.45, 2.75) is 238 Å². The van der Waals surface area contributed by atoms with Crippen LogP contribution in [0.2, 0.25) is 0 Å². The maximum absolute atomic E-state index is 12.4. The number of unbranched alkanes of at least 4 members (excludes halogenated alkanes) is 29. The van der Waals surface area contributed by atoms with E-state index in [2.05, 4.69) is 30.5 Å². The smallest absolute Gasteiger partial charge is 0.462 e. The standard InChI is InChI=1S/C43H83O8P/c1-3-5-7-9-11-13-15-17-19-20-21-22-24-26-28-30-32-34-36-38-43(45)51-41(40-50-52(46,47)48)39-49-42(44)37-35-33-31-29-27-25-23-18-16-14-12-10-8-6-4-2/h17,19,41H,3-16,18,20-40H2,1-2H3,(H2,46,47,48)/b19-17-. The molecule has 0 fully saturated rings. The van der Waals surface area contributed by atoms with E-state index in [9.17, 15) is 14.2 Å². The van der Waals surface area contributed by atoms with Gasteiger partial charge in [-0.15, -0.1) is 0 Å². The Bertz CT molecular complexity index is 858. The first-order chi connectivity index (χ1) is 25.3. The molecule has 1 unspecified atom stereocenters. The fourth-order valence-electron chi connectivity index (χ4n) is 6.49. The van der Waals surface area contributed by atoms with Gasteiger partial charge in [0.2, 0.25) is 0 Å². The molecule has 0 amide bonds. The average molecular weight is 759 g/mol. The first-order valence-corrected chi connectivity index (χ1v) is 23.5. The maximum atomic E-state index is 12.4. The summed E-state index contributed by atoms with van der Waals surface area (Å²) in [6, 6.07) is 0. The van der Waals surface area contributed by atoms with Gasteiger partial charge in [0.1, 0.15) is 6.61 Å². The minimum absolute atomic E-state index is 0.214. The summed E-state index contributed by atoms with van der Waals surface area (Å²) in [6.07, 6.45) is 43.6. The van der Waals surface area contributed by atoms with Crippen LogP contribution in [0.5, 0.6) is 0 Å². The molecular formula is C43H83O8P. The van der Waals surface area contributed by atoms with Gasteiger partial charge in [0.05, 0.1) is 6.61 Å². The van der Waals surface area contributed by atoms with Gasteiger partial charge in [-0.1, -0.05) is 193 Å². The zero-order valence-electron chi connectivity index (χ0n) is 34.0. The third-order valence-corrected chi connectivity index (χ3v) is 10.3. The number of esters is 2. The summed E-state index contributed by atoms with van der Waals surface area (Å²) in [6.45, 7) is 3.71. The molecule has 0 saturated carbocycles. The average Bonchev–Trinajstić information content (AvgIpc) is 3.11. The first-order valence-electron chi connectivity index (χ1n) is 22.0. The van der Waals surface area contributed by atoms with E-state index in [-0.39, 0.29) is 19.4 Å². The number of phosphoric ester groups is 1. The molecule has 0 heterocycles. The Balaban J connectivity index is 3.86. The molecule has 9 heteroatoms. The Labute approximate surface area is 320 Å². The fourth-order valence-corrected chi connectivity index (χ4v) is 6.85. The molecule has 0 spiro atoms. The molecule has 0 aromatic heterocycles. The Morgan fingerprint density at radius 1 is 0.481 bits per heavy atom. The molecule has 2 N–H and O–H groups in total. The highest BCUT2D eigenvalue weighted by atomic mass is 31.2. The quantitative estimate of drug-likeness (QED) is 0.0274. The van der Waals surface area contributed by atoms with E-state index in [1.807, 2.05) is 0 Å². The van der Waals surface area contributed by atoms with Crippen LogP contribution in [-0.2, 0) is 28.2 Å². The van der Waals surface area contributed by atoms with Crippen LogP contribution in [0.1, 0.15) is 232 Å². The van der Waals surface area contributed by atoms with Crippen molar-refractivity contribution in [2.24, 2.45) is 0 Å². The SMILES string of the molecule is CCCCCCCC/C=C\CCCCCCCCCCCC(=O)OC(COC(=O)CCCCCCCCCCCCCCCCC)COP(=O)(O)O. The number of ether oxygens (including phenoxy) is 2. The lowest BCUT2D eigenvalue weighted by Crippen LogP contribution is -2.29. The summed E-state index contributed by atoms with van der Waals surface area (Å²) in [7, 11) is -4.75. The highest BCUT2D eigenvalue weighted by molar-refractivity contribution is 7.46. The van der Waals surface area contributed by atoms with Crippen molar-refractivity contribution >= 4 is 19.8 Å². The van der Waals surface area contributed by atoms with Crippen LogP contribution in [0.3, 0.4) is 0 Å². The largest absolute Gasteiger partial charge is 0.469 e. The predicted molar refractivity (Wildman–Crippen MR) is 216 cm³/mol. The number of rotatable bonds is 41. The summed E-state index contributed by atoms with van der Waals surface area (Å²) in [5, 5.41) is 0. The third kappa shape index (κ3) is 41.5. The summed E-state index contributed by atoms with van der Waals surface area (Å²) in [5.41, 5.74) is 0. The fraction of sp³-hybridized carbons (Fsp3) is 0.907. The maximum Gasteiger partial charge on any atom is 0.469 e. The van der Waals surface area contributed by atoms with Crippen molar-refractivity contribution < 1.29 is 37.9 Å². The van der Waals surface area contributed by atoms with Gasteiger partial charge in [0.25, 0.3) is 0 Å². The van der Waals surface area contributed by atoms with Crippen LogP contribution in [0.4, 0.5) is 0 Å². The van der Waals surface area contributed by atoms with Crippen LogP contribution in [0, 0.1) is 0 Å². The van der Waals surface area contributed by atoms with E-state index in [4.69, 9.17) is 19.3 Å². The van der Waals surface area contributed by atoms with Gasteiger partial charge in [-0.05, 0) is 38.5 Å². The summed E-state index contributed by atoms with van der Waals surface area (Å²) < 4.78 is 26.4. The van der Waals surface area contributed by atoms with Crippen LogP contribution in [0.15, 0.2) is 12.2 Å². The summed E-state index contributed by atoms with van der Waals surface area (Å²) >= 11 is 0. The number of allylic oxidation sites excluding steroid dienone is 2. The normalized spacial score (nSPS) is 12.5. The van der Waals surface area contributed by atoms with Crippen LogP contribution in [0.25, 0.3) is 0 Å². The number of hydrogen-bond donors (Lipinski definition) is 2. The monoisotopic (exact) mass is 759 g/mol. The van der Waals surface area contributed by atoms with Crippen molar-refractivity contribution in [1.82, 2.24) is 0 Å². The van der Waals surface area contributed by atoms with E-state index < -0.39 is 32.5 Å². The van der Waals surface area contributed by atoms with Gasteiger partial charge in [-0.25, -0.2) is 4.57 Å². The zero-order chi connectivity index (χ0) is 38.2. The Hall–Kier alpha value is -1.21. The molecule has 8 nitrogen and oxygen atoms in total. The third-order valence-electron chi connectivity index (χ3n) is 9.78. The zero-order valence-corrected chi connectivity index (χ0v) is 34.9. The van der Waals surface area contributed by atoms with Crippen LogP contribution < -0.4 is 0 Å². The Kier molecular flexibility index (Phi) is 38.6. The van der Waals surface area contributed by atoms with E-state index in [0.29, 0.717) is 6.42 Å². The van der Waals surface area contributed by atoms with E-state index >= 15 is 0 Å². The van der Waals surface area contributed by atoms with E-state index in [1.54, 1.807) is 0 Å². The number of carbonyl (C=O) groups excluding carboxylic acids is 2. The van der Waals surface area contributed by atoms with Gasteiger partial charge in [0, 0.05) is 12.8 Å². The molecule has 0 aliphatic rings. The van der Waals surface area contributed by atoms with Crippen molar-refractivity contribution in [3.05, 3.63) is 12.2 Å². The second kappa shape index (κ2) is 39.5. The number of phosphoric acid groups is 1. The molecule has 0 aliphatic carbocycles. The molecule has 0 bridgehead atoms. The molecule has 1 atom stereocenters. The van der Waals surface area contributed by atoms with Crippen molar-refractivity contribution in [1.29, 1.82) is 0 Å². The van der Waals surface area contributed by atoms with Gasteiger partial charge in [0.15, 0.2) is 6.10 Å². The first kappa shape index (κ1) is 50.8. The second-order valence-corrected chi connectivity index (χ2v) is 16.3. The number of carbonyl (C=O) groups is 2. The molecule has 0 rings (SSSR count). The molecule has 0 radical (unpaired) electrons. The van der Waals surface area contributed by atoms with Crippen molar-refractivity contribution in [3.8, 4) is 0 Å². The van der Waals surface area contributed by atoms with Crippen LogP contribution in [-0.4, -0.2) is 41.0 Å². The van der Waals surface area contributed by atoms with Gasteiger partial charge < -0.3 is 19.3 Å². The van der Waals surface area contributed by atoms with Crippen molar-refractivity contribution in [3.63, 3.8) is 0 Å². The topological polar surface area (TPSA) is 119 Å². The highest BCUT2D eigenvalue weighted by Gasteiger charge is 2.22. The molecule has 0 aromatic carbocycles. The van der Waals surface area contributed by atoms with Crippen LogP contribution >= 0.6 is 7.82 Å². The Morgan fingerprint density at radius 3 is 1.17 bits per heavy atom. The summed E-state index contributed by atoms with van der Waals surface area (Å²) in [5.74, 6) is -0.874. The molecular weight excluding hydrogens is 675 g/mol. The molecule has 52 heavy (non-hydrogen) atoms. The lowest BCUT2D eigenvalue weighted by molar-refractivity contribution is -0.161. The second-order valence-electron chi connectivity index (χ2n) is 15.0. The lowest BCUT2D eigenvalue weighted by atomic mass is 10.0. The molecule has 308 valence electrons. The minimum atomic E-state index is -4.75. The summed E-state index contributed by atoms with van der Waals surface area (Å²) in [4.78, 5) is 42.9. The molecule has 0 aliphatic heterocycles.